The average molecular weight is 488 g/mol. The van der Waals surface area contributed by atoms with Crippen LogP contribution in [0.4, 0.5) is 14.9 Å². The van der Waals surface area contributed by atoms with E-state index in [0.717, 1.165) is 12.8 Å². The van der Waals surface area contributed by atoms with E-state index in [9.17, 15) is 17.6 Å². The standard InChI is InChI=1S/C23H26FN5O4S/c1-13(2)17-12-18(24)14(3)21(15-7-9-25-19(11-15)33-4)22(17)26-23(30)28-34(31,32)20-8-10-29(27-20)16-5-6-16/h7-13,16H,5-6H2,1-4H3,(H2,26,28,30). The molecule has 1 saturated carbocycles. The molecule has 1 aliphatic rings. The first-order chi connectivity index (χ1) is 16.1. The molecule has 0 aliphatic heterocycles. The van der Waals surface area contributed by atoms with Crippen molar-refractivity contribution in [3.05, 3.63) is 53.6 Å². The number of hydrogen-bond acceptors (Lipinski definition) is 6. The van der Waals surface area contributed by atoms with E-state index in [1.165, 1.54) is 25.4 Å². The highest BCUT2D eigenvalue weighted by atomic mass is 32.2. The Hall–Kier alpha value is -3.47. The van der Waals surface area contributed by atoms with E-state index in [1.807, 2.05) is 18.6 Å². The Morgan fingerprint density at radius 3 is 2.65 bits per heavy atom. The van der Waals surface area contributed by atoms with Gasteiger partial charge < -0.3 is 10.1 Å². The minimum atomic E-state index is -4.20. The molecule has 0 atom stereocenters. The summed E-state index contributed by atoms with van der Waals surface area (Å²) in [6.45, 7) is 5.29. The van der Waals surface area contributed by atoms with Gasteiger partial charge in [-0.15, -0.1) is 0 Å². The minimum absolute atomic E-state index is 0.168. The first-order valence-electron chi connectivity index (χ1n) is 10.8. The summed E-state index contributed by atoms with van der Waals surface area (Å²) in [7, 11) is -2.74. The van der Waals surface area contributed by atoms with Gasteiger partial charge in [0.25, 0.3) is 10.0 Å². The van der Waals surface area contributed by atoms with Crippen molar-refractivity contribution in [2.75, 3.05) is 12.4 Å². The summed E-state index contributed by atoms with van der Waals surface area (Å²) in [6, 6.07) is 5.22. The van der Waals surface area contributed by atoms with Gasteiger partial charge in [-0.2, -0.15) is 13.5 Å². The van der Waals surface area contributed by atoms with E-state index in [0.29, 0.717) is 33.8 Å². The fraction of sp³-hybridized carbons (Fsp3) is 0.348. The predicted molar refractivity (Wildman–Crippen MR) is 125 cm³/mol. The van der Waals surface area contributed by atoms with Gasteiger partial charge >= 0.3 is 6.03 Å². The normalized spacial score (nSPS) is 13.7. The molecule has 4 rings (SSSR count). The Labute approximate surface area is 197 Å². The predicted octanol–water partition coefficient (Wildman–Crippen LogP) is 4.37. The molecule has 180 valence electrons. The number of amides is 2. The Morgan fingerprint density at radius 1 is 1.26 bits per heavy atom. The van der Waals surface area contributed by atoms with Crippen molar-refractivity contribution in [3.63, 3.8) is 0 Å². The van der Waals surface area contributed by atoms with Gasteiger partial charge in [0, 0.05) is 24.0 Å². The Kier molecular flexibility index (Phi) is 6.30. The number of pyridine rings is 1. The van der Waals surface area contributed by atoms with Crippen molar-refractivity contribution in [1.29, 1.82) is 0 Å². The second-order valence-corrected chi connectivity index (χ2v) is 10.1. The highest BCUT2D eigenvalue weighted by molar-refractivity contribution is 7.90. The summed E-state index contributed by atoms with van der Waals surface area (Å²) < 4.78 is 49.1. The number of hydrogen-bond donors (Lipinski definition) is 2. The molecule has 0 saturated heterocycles. The largest absolute Gasteiger partial charge is 0.481 e. The smallest absolute Gasteiger partial charge is 0.333 e. The van der Waals surface area contributed by atoms with Gasteiger partial charge in [-0.3, -0.25) is 4.68 Å². The lowest BCUT2D eigenvalue weighted by atomic mass is 9.91. The van der Waals surface area contributed by atoms with Crippen LogP contribution in [0.15, 0.2) is 41.7 Å². The van der Waals surface area contributed by atoms with Crippen LogP contribution in [-0.4, -0.2) is 36.3 Å². The summed E-state index contributed by atoms with van der Waals surface area (Å²) in [5, 5.41) is 6.47. The van der Waals surface area contributed by atoms with Crippen molar-refractivity contribution in [1.82, 2.24) is 19.5 Å². The number of benzene rings is 1. The number of ether oxygens (including phenoxy) is 1. The molecule has 34 heavy (non-hydrogen) atoms. The molecule has 1 fully saturated rings. The third-order valence-electron chi connectivity index (χ3n) is 5.65. The van der Waals surface area contributed by atoms with Crippen LogP contribution in [0.3, 0.4) is 0 Å². The number of carbonyl (C=O) groups is 1. The minimum Gasteiger partial charge on any atom is -0.481 e. The highest BCUT2D eigenvalue weighted by Gasteiger charge is 2.28. The molecule has 1 aliphatic carbocycles. The molecule has 2 amide bonds. The Morgan fingerprint density at radius 2 is 2.00 bits per heavy atom. The number of anilines is 1. The van der Waals surface area contributed by atoms with E-state index in [-0.39, 0.29) is 17.0 Å². The molecule has 2 aromatic heterocycles. The molecule has 3 aromatic rings. The summed E-state index contributed by atoms with van der Waals surface area (Å²) >= 11 is 0. The summed E-state index contributed by atoms with van der Waals surface area (Å²) in [6.07, 6.45) is 4.98. The van der Waals surface area contributed by atoms with Crippen molar-refractivity contribution in [2.45, 2.75) is 50.6 Å². The third kappa shape index (κ3) is 4.74. The zero-order chi connectivity index (χ0) is 24.6. The zero-order valence-electron chi connectivity index (χ0n) is 19.3. The number of nitrogens with zero attached hydrogens (tertiary/aromatic N) is 3. The van der Waals surface area contributed by atoms with Gasteiger partial charge in [0.05, 0.1) is 18.8 Å². The maximum absolute atomic E-state index is 14.9. The Bertz CT molecular complexity index is 1350. The van der Waals surface area contributed by atoms with Crippen LogP contribution in [0, 0.1) is 12.7 Å². The van der Waals surface area contributed by atoms with Crippen LogP contribution < -0.4 is 14.8 Å². The second kappa shape index (κ2) is 9.05. The van der Waals surface area contributed by atoms with E-state index in [4.69, 9.17) is 4.74 Å². The van der Waals surface area contributed by atoms with Crippen molar-refractivity contribution in [3.8, 4) is 17.0 Å². The van der Waals surface area contributed by atoms with Gasteiger partial charge in [0.1, 0.15) is 5.82 Å². The number of carbonyl (C=O) groups excluding carboxylic acids is 1. The number of sulfonamides is 1. The van der Waals surface area contributed by atoms with Crippen molar-refractivity contribution < 1.29 is 22.3 Å². The van der Waals surface area contributed by atoms with Crippen molar-refractivity contribution >= 4 is 21.7 Å². The van der Waals surface area contributed by atoms with Gasteiger partial charge in [0.2, 0.25) is 5.88 Å². The van der Waals surface area contributed by atoms with Gasteiger partial charge in [0.15, 0.2) is 5.03 Å². The molecular weight excluding hydrogens is 461 g/mol. The van der Waals surface area contributed by atoms with Gasteiger partial charge in [-0.25, -0.2) is 18.9 Å². The number of urea groups is 1. The molecule has 0 bridgehead atoms. The van der Waals surface area contributed by atoms with E-state index in [1.54, 1.807) is 29.9 Å². The van der Waals surface area contributed by atoms with Crippen LogP contribution in [0.2, 0.25) is 0 Å². The number of halogens is 1. The third-order valence-corrected chi connectivity index (χ3v) is 6.88. The van der Waals surface area contributed by atoms with Crippen LogP contribution in [0.1, 0.15) is 49.8 Å². The number of methoxy groups -OCH3 is 1. The number of aromatic nitrogens is 3. The highest BCUT2D eigenvalue weighted by Crippen LogP contribution is 2.39. The van der Waals surface area contributed by atoms with Gasteiger partial charge in [-0.1, -0.05) is 13.8 Å². The quantitative estimate of drug-likeness (QED) is 0.511. The van der Waals surface area contributed by atoms with E-state index < -0.39 is 21.9 Å². The molecule has 2 heterocycles. The lowest BCUT2D eigenvalue weighted by Crippen LogP contribution is -2.35. The Balaban J connectivity index is 1.70. The first-order valence-corrected chi connectivity index (χ1v) is 12.3. The summed E-state index contributed by atoms with van der Waals surface area (Å²) in [5.41, 5.74) is 2.08. The van der Waals surface area contributed by atoms with Crippen LogP contribution in [0.5, 0.6) is 5.88 Å². The molecule has 1 aromatic carbocycles. The molecule has 11 heteroatoms. The topological polar surface area (TPSA) is 115 Å². The molecule has 0 radical (unpaired) electrons. The summed E-state index contributed by atoms with van der Waals surface area (Å²) in [4.78, 5) is 16.9. The number of rotatable bonds is 7. The van der Waals surface area contributed by atoms with E-state index in [2.05, 4.69) is 15.4 Å². The van der Waals surface area contributed by atoms with Crippen molar-refractivity contribution in [2.24, 2.45) is 0 Å². The molecule has 2 N–H and O–H groups in total. The fourth-order valence-electron chi connectivity index (χ4n) is 3.72. The molecule has 0 spiro atoms. The van der Waals surface area contributed by atoms with Crippen LogP contribution in [-0.2, 0) is 10.0 Å². The second-order valence-electron chi connectivity index (χ2n) is 8.49. The lowest BCUT2D eigenvalue weighted by Gasteiger charge is -2.21. The molecule has 0 unspecified atom stereocenters. The van der Waals surface area contributed by atoms with Crippen LogP contribution >= 0.6 is 0 Å². The average Bonchev–Trinajstić information content (AvgIpc) is 3.51. The maximum atomic E-state index is 14.9. The van der Waals surface area contributed by atoms with E-state index >= 15 is 0 Å². The molecule has 9 nitrogen and oxygen atoms in total. The summed E-state index contributed by atoms with van der Waals surface area (Å²) in [5.74, 6) is -0.297. The maximum Gasteiger partial charge on any atom is 0.333 e. The first kappa shape index (κ1) is 23.7. The van der Waals surface area contributed by atoms with Crippen LogP contribution in [0.25, 0.3) is 11.1 Å². The monoisotopic (exact) mass is 487 g/mol. The molecular formula is C23H26FN5O4S. The van der Waals surface area contributed by atoms with Gasteiger partial charge in [-0.05, 0) is 60.6 Å². The zero-order valence-corrected chi connectivity index (χ0v) is 20.1. The number of nitrogens with one attached hydrogen (secondary N) is 2. The SMILES string of the molecule is COc1cc(-c2c(C)c(F)cc(C(C)C)c2NC(=O)NS(=O)(=O)c2ccn(C3CC3)n2)ccn1. The lowest BCUT2D eigenvalue weighted by molar-refractivity contribution is 0.256. The fourth-order valence-corrected chi connectivity index (χ4v) is 4.56.